The van der Waals surface area contributed by atoms with Crippen molar-refractivity contribution in [1.82, 2.24) is 15.5 Å². The summed E-state index contributed by atoms with van der Waals surface area (Å²) in [4.78, 5) is 24.9. The highest BCUT2D eigenvalue weighted by Gasteiger charge is 2.04. The molecule has 1 rings (SSSR count). The average molecular weight is 229 g/mol. The van der Waals surface area contributed by atoms with Gasteiger partial charge in [0.05, 0.1) is 0 Å². The third kappa shape index (κ3) is 5.05. The molecule has 8 heteroatoms. The van der Waals surface area contributed by atoms with Crippen LogP contribution in [0, 0.1) is 0 Å². The summed E-state index contributed by atoms with van der Waals surface area (Å²) in [6.07, 6.45) is 1.69. The molecule has 1 heterocycles. The van der Waals surface area contributed by atoms with Gasteiger partial charge in [-0.15, -0.1) is 0 Å². The van der Waals surface area contributed by atoms with Crippen molar-refractivity contribution in [3.63, 3.8) is 0 Å². The normalized spacial score (nSPS) is 10.0. The first-order valence-electron chi connectivity index (χ1n) is 4.50. The minimum absolute atomic E-state index is 0.282. The number of hydrogen-bond acceptors (Lipinski definition) is 6. The zero-order chi connectivity index (χ0) is 11.8. The van der Waals surface area contributed by atoms with Crippen LogP contribution in [0.5, 0.6) is 0 Å². The molecule has 8 nitrogen and oxygen atoms in total. The molecule has 0 bridgehead atoms. The second-order valence-corrected chi connectivity index (χ2v) is 2.82. The van der Waals surface area contributed by atoms with Crippen LogP contribution in [0.3, 0.4) is 0 Å². The average Bonchev–Trinajstić information content (AvgIpc) is 2.70. The number of nitrogens with zero attached hydrogens (tertiary/aromatic N) is 2. The van der Waals surface area contributed by atoms with Crippen LogP contribution in [0.2, 0.25) is 0 Å². The van der Waals surface area contributed by atoms with Crippen molar-refractivity contribution < 1.29 is 24.0 Å². The fourth-order valence-electron chi connectivity index (χ4n) is 0.897. The molecule has 0 fully saturated rings. The van der Waals surface area contributed by atoms with Gasteiger partial charge >= 0.3 is 5.97 Å². The maximum Gasteiger partial charge on any atom is 0.329 e. The molecule has 16 heavy (non-hydrogen) atoms. The van der Waals surface area contributed by atoms with Crippen LogP contribution in [0.4, 0.5) is 0 Å². The van der Waals surface area contributed by atoms with E-state index in [1.54, 1.807) is 0 Å². The molecule has 0 spiro atoms. The first kappa shape index (κ1) is 12.1. The van der Waals surface area contributed by atoms with Gasteiger partial charge < -0.3 is 19.7 Å². The highest BCUT2D eigenvalue weighted by molar-refractivity contribution is 5.77. The molecular formula is C8H11N3O5. The number of rotatable bonds is 7. The van der Waals surface area contributed by atoms with Crippen molar-refractivity contribution >= 4 is 11.9 Å². The Balaban J connectivity index is 2.04. The molecule has 0 aromatic carbocycles. The predicted molar refractivity (Wildman–Crippen MR) is 49.5 cm³/mol. The molecule has 0 radical (unpaired) electrons. The van der Waals surface area contributed by atoms with Crippen molar-refractivity contribution in [3.05, 3.63) is 12.2 Å². The van der Waals surface area contributed by atoms with Crippen molar-refractivity contribution in [2.45, 2.75) is 6.42 Å². The minimum atomic E-state index is -1.11. The van der Waals surface area contributed by atoms with Crippen LogP contribution in [0.25, 0.3) is 0 Å². The van der Waals surface area contributed by atoms with E-state index in [-0.39, 0.29) is 12.5 Å². The maximum atomic E-state index is 11.1. The van der Waals surface area contributed by atoms with Gasteiger partial charge in [0.1, 0.15) is 13.2 Å². The van der Waals surface area contributed by atoms with Crippen LogP contribution in [0.1, 0.15) is 5.89 Å². The van der Waals surface area contributed by atoms with E-state index in [1.165, 1.54) is 6.33 Å². The Morgan fingerprint density at radius 2 is 2.31 bits per heavy atom. The van der Waals surface area contributed by atoms with Crippen LogP contribution in [-0.2, 0) is 20.7 Å². The molecule has 1 aromatic heterocycles. The standard InChI is InChI=1S/C8H11N3O5/c12-6(3-15-4-8(13)14)9-2-1-7-10-5-11-16-7/h5H,1-4H2,(H,9,12)(H,13,14). The Kier molecular flexibility index (Phi) is 4.93. The van der Waals surface area contributed by atoms with Gasteiger partial charge in [0.15, 0.2) is 6.33 Å². The number of aliphatic carboxylic acids is 1. The number of carbonyl (C=O) groups excluding carboxylic acids is 1. The smallest absolute Gasteiger partial charge is 0.329 e. The van der Waals surface area contributed by atoms with E-state index in [4.69, 9.17) is 9.63 Å². The summed E-state index contributed by atoms with van der Waals surface area (Å²) in [5, 5.41) is 14.2. The molecule has 1 aromatic rings. The fraction of sp³-hybridized carbons (Fsp3) is 0.500. The van der Waals surface area contributed by atoms with E-state index in [0.29, 0.717) is 18.9 Å². The monoisotopic (exact) mass is 229 g/mol. The van der Waals surface area contributed by atoms with Crippen molar-refractivity contribution in [2.75, 3.05) is 19.8 Å². The highest BCUT2D eigenvalue weighted by Crippen LogP contribution is 1.90. The summed E-state index contributed by atoms with van der Waals surface area (Å²) >= 11 is 0. The summed E-state index contributed by atoms with van der Waals surface area (Å²) in [6, 6.07) is 0. The Morgan fingerprint density at radius 3 is 2.94 bits per heavy atom. The molecule has 88 valence electrons. The fourth-order valence-corrected chi connectivity index (χ4v) is 0.897. The number of nitrogens with one attached hydrogen (secondary N) is 1. The summed E-state index contributed by atoms with van der Waals surface area (Å²) in [6.45, 7) is -0.440. The number of amides is 1. The molecule has 1 amide bonds. The topological polar surface area (TPSA) is 115 Å². The molecule has 0 atom stereocenters. The lowest BCUT2D eigenvalue weighted by Gasteiger charge is -2.02. The summed E-state index contributed by atoms with van der Waals surface area (Å²) in [7, 11) is 0. The first-order chi connectivity index (χ1) is 7.68. The predicted octanol–water partition coefficient (Wildman–Crippen LogP) is -1.17. The van der Waals surface area contributed by atoms with Gasteiger partial charge in [-0.25, -0.2) is 4.79 Å². The lowest BCUT2D eigenvalue weighted by atomic mass is 10.4. The lowest BCUT2D eigenvalue weighted by molar-refractivity contribution is -0.143. The Bertz CT molecular complexity index is 337. The second-order valence-electron chi connectivity index (χ2n) is 2.82. The third-order valence-electron chi connectivity index (χ3n) is 1.53. The zero-order valence-corrected chi connectivity index (χ0v) is 8.38. The van der Waals surface area contributed by atoms with E-state index in [0.717, 1.165) is 0 Å². The zero-order valence-electron chi connectivity index (χ0n) is 8.38. The number of aromatic nitrogens is 2. The molecule has 0 saturated heterocycles. The van der Waals surface area contributed by atoms with Crippen LogP contribution in [-0.4, -0.2) is 46.9 Å². The van der Waals surface area contributed by atoms with Gasteiger partial charge in [0.2, 0.25) is 11.8 Å². The molecule has 0 aliphatic rings. The van der Waals surface area contributed by atoms with E-state index < -0.39 is 12.6 Å². The van der Waals surface area contributed by atoms with Crippen LogP contribution >= 0.6 is 0 Å². The molecule has 0 unspecified atom stereocenters. The van der Waals surface area contributed by atoms with Gasteiger partial charge in [-0.2, -0.15) is 4.98 Å². The van der Waals surface area contributed by atoms with Gasteiger partial charge in [-0.1, -0.05) is 5.16 Å². The van der Waals surface area contributed by atoms with Gasteiger partial charge in [-0.3, -0.25) is 4.79 Å². The van der Waals surface area contributed by atoms with Gasteiger partial charge in [0.25, 0.3) is 0 Å². The molecule has 0 aliphatic carbocycles. The van der Waals surface area contributed by atoms with E-state index in [2.05, 4.69) is 20.2 Å². The summed E-state index contributed by atoms with van der Waals surface area (Å²) in [5.74, 6) is -1.08. The van der Waals surface area contributed by atoms with Crippen molar-refractivity contribution in [3.8, 4) is 0 Å². The minimum Gasteiger partial charge on any atom is -0.480 e. The number of carboxylic acid groups (broad SMARTS) is 1. The quantitative estimate of drug-likeness (QED) is 0.605. The van der Waals surface area contributed by atoms with Crippen LogP contribution in [0.15, 0.2) is 10.9 Å². The molecular weight excluding hydrogens is 218 g/mol. The van der Waals surface area contributed by atoms with E-state index in [9.17, 15) is 9.59 Å². The third-order valence-corrected chi connectivity index (χ3v) is 1.53. The Hall–Kier alpha value is -1.96. The summed E-state index contributed by atoms with van der Waals surface area (Å²) < 4.78 is 9.29. The number of ether oxygens (including phenoxy) is 1. The Morgan fingerprint density at radius 1 is 1.50 bits per heavy atom. The lowest BCUT2D eigenvalue weighted by Crippen LogP contribution is -2.30. The second kappa shape index (κ2) is 6.51. The van der Waals surface area contributed by atoms with Crippen LogP contribution < -0.4 is 5.32 Å². The Labute approximate surface area is 90.6 Å². The summed E-state index contributed by atoms with van der Waals surface area (Å²) in [5.41, 5.74) is 0. The molecule has 0 saturated carbocycles. The largest absolute Gasteiger partial charge is 0.480 e. The highest BCUT2D eigenvalue weighted by atomic mass is 16.5. The number of hydrogen-bond donors (Lipinski definition) is 2. The number of carbonyl (C=O) groups is 2. The first-order valence-corrected chi connectivity index (χ1v) is 4.50. The van der Waals surface area contributed by atoms with Gasteiger partial charge in [-0.05, 0) is 0 Å². The van der Waals surface area contributed by atoms with Crippen molar-refractivity contribution in [1.29, 1.82) is 0 Å². The van der Waals surface area contributed by atoms with E-state index in [1.807, 2.05) is 0 Å². The molecule has 0 aliphatic heterocycles. The van der Waals surface area contributed by atoms with Crippen molar-refractivity contribution in [2.24, 2.45) is 0 Å². The molecule has 2 N–H and O–H groups in total. The maximum absolute atomic E-state index is 11.1. The SMILES string of the molecule is O=C(O)COCC(=O)NCCc1ncno1. The van der Waals surface area contributed by atoms with Gasteiger partial charge in [0, 0.05) is 13.0 Å². The van der Waals surface area contributed by atoms with E-state index >= 15 is 0 Å². The number of carboxylic acids is 1.